The van der Waals surface area contributed by atoms with E-state index in [-0.39, 0.29) is 30.4 Å². The Morgan fingerprint density at radius 3 is 2.43 bits per heavy atom. The van der Waals surface area contributed by atoms with Crippen LogP contribution in [0.25, 0.3) is 0 Å². The van der Waals surface area contributed by atoms with Gasteiger partial charge >= 0.3 is 0 Å². The van der Waals surface area contributed by atoms with E-state index in [9.17, 15) is 24.6 Å². The van der Waals surface area contributed by atoms with Gasteiger partial charge in [-0.15, -0.1) is 0 Å². The average molecular weight is 393 g/mol. The molecule has 1 unspecified atom stereocenters. The van der Waals surface area contributed by atoms with Crippen LogP contribution in [0.5, 0.6) is 11.5 Å². The van der Waals surface area contributed by atoms with Crippen molar-refractivity contribution in [3.8, 4) is 11.5 Å². The molecule has 0 heterocycles. The summed E-state index contributed by atoms with van der Waals surface area (Å²) in [4.78, 5) is 35.5. The van der Waals surface area contributed by atoms with Gasteiger partial charge in [0, 0.05) is 19.0 Å². The number of phenolic OH excluding ortho intramolecular Hbond substituents is 2. The van der Waals surface area contributed by atoms with E-state index < -0.39 is 17.9 Å². The van der Waals surface area contributed by atoms with Gasteiger partial charge in [0.25, 0.3) is 0 Å². The SMILES string of the molecule is CCCCCCCC(=O)NC(CC(=O)NCCc1ccc(O)cc1O)C(N)=O. The molecule has 28 heavy (non-hydrogen) atoms. The van der Waals surface area contributed by atoms with E-state index in [2.05, 4.69) is 17.6 Å². The van der Waals surface area contributed by atoms with Gasteiger partial charge in [-0.25, -0.2) is 0 Å². The number of amides is 3. The van der Waals surface area contributed by atoms with Gasteiger partial charge in [0.15, 0.2) is 0 Å². The summed E-state index contributed by atoms with van der Waals surface area (Å²) in [5.74, 6) is -1.58. The lowest BCUT2D eigenvalue weighted by Crippen LogP contribution is -2.47. The minimum absolute atomic E-state index is 0.0457. The van der Waals surface area contributed by atoms with E-state index in [0.29, 0.717) is 18.4 Å². The summed E-state index contributed by atoms with van der Waals surface area (Å²) in [6, 6.07) is 3.17. The second-order valence-electron chi connectivity index (χ2n) is 6.80. The Balaban J connectivity index is 2.36. The van der Waals surface area contributed by atoms with Crippen molar-refractivity contribution in [2.45, 2.75) is 64.3 Å². The zero-order valence-electron chi connectivity index (χ0n) is 16.4. The summed E-state index contributed by atoms with van der Waals surface area (Å²) in [6.45, 7) is 2.34. The van der Waals surface area contributed by atoms with Crippen molar-refractivity contribution in [1.29, 1.82) is 0 Å². The van der Waals surface area contributed by atoms with Crippen molar-refractivity contribution in [2.75, 3.05) is 6.54 Å². The molecule has 0 saturated heterocycles. The van der Waals surface area contributed by atoms with E-state index in [1.807, 2.05) is 0 Å². The van der Waals surface area contributed by atoms with Crippen molar-refractivity contribution in [1.82, 2.24) is 10.6 Å². The van der Waals surface area contributed by atoms with Gasteiger partial charge in [-0.1, -0.05) is 38.7 Å². The molecule has 0 aliphatic carbocycles. The van der Waals surface area contributed by atoms with Gasteiger partial charge < -0.3 is 26.6 Å². The molecule has 1 atom stereocenters. The molecule has 0 aliphatic rings. The van der Waals surface area contributed by atoms with Gasteiger partial charge in [0.2, 0.25) is 17.7 Å². The topological polar surface area (TPSA) is 142 Å². The molecule has 0 spiro atoms. The molecule has 0 aliphatic heterocycles. The molecule has 1 aromatic rings. The van der Waals surface area contributed by atoms with Gasteiger partial charge in [0.1, 0.15) is 17.5 Å². The third kappa shape index (κ3) is 9.25. The van der Waals surface area contributed by atoms with Gasteiger partial charge in [-0.05, 0) is 24.5 Å². The average Bonchev–Trinajstić information content (AvgIpc) is 2.62. The van der Waals surface area contributed by atoms with Crippen molar-refractivity contribution in [2.24, 2.45) is 5.73 Å². The first kappa shape index (κ1) is 23.3. The van der Waals surface area contributed by atoms with Gasteiger partial charge in [-0.3, -0.25) is 14.4 Å². The number of primary amides is 1. The first-order valence-electron chi connectivity index (χ1n) is 9.69. The first-order chi connectivity index (χ1) is 13.3. The molecule has 3 amide bonds. The van der Waals surface area contributed by atoms with Crippen molar-refractivity contribution >= 4 is 17.7 Å². The molecule has 8 heteroatoms. The number of nitrogens with two attached hydrogens (primary N) is 1. The minimum atomic E-state index is -1.05. The number of hydrogen-bond donors (Lipinski definition) is 5. The Bertz CT molecular complexity index is 663. The lowest BCUT2D eigenvalue weighted by atomic mass is 10.1. The van der Waals surface area contributed by atoms with E-state index in [0.717, 1.165) is 32.1 Å². The number of rotatable bonds is 13. The molecular weight excluding hydrogens is 362 g/mol. The molecule has 0 radical (unpaired) electrons. The zero-order valence-corrected chi connectivity index (χ0v) is 16.4. The van der Waals surface area contributed by atoms with Crippen LogP contribution in [-0.4, -0.2) is 40.5 Å². The van der Waals surface area contributed by atoms with Crippen LogP contribution in [0.1, 0.15) is 57.4 Å². The minimum Gasteiger partial charge on any atom is -0.508 e. The van der Waals surface area contributed by atoms with Crippen LogP contribution >= 0.6 is 0 Å². The number of hydrogen-bond acceptors (Lipinski definition) is 5. The second kappa shape index (κ2) is 12.6. The highest BCUT2D eigenvalue weighted by Crippen LogP contribution is 2.22. The fourth-order valence-electron chi connectivity index (χ4n) is 2.74. The molecule has 1 aromatic carbocycles. The summed E-state index contributed by atoms with van der Waals surface area (Å²) in [7, 11) is 0. The number of aromatic hydroxyl groups is 2. The highest BCUT2D eigenvalue weighted by Gasteiger charge is 2.21. The van der Waals surface area contributed by atoms with Crippen LogP contribution in [0.2, 0.25) is 0 Å². The number of phenols is 2. The highest BCUT2D eigenvalue weighted by atomic mass is 16.3. The standard InChI is InChI=1S/C20H31N3O5/c1-2-3-4-5-6-7-18(26)23-16(20(21)28)13-19(27)22-11-10-14-8-9-15(24)12-17(14)25/h8-9,12,16,24-25H,2-7,10-11,13H2,1H3,(H2,21,28)(H,22,27)(H,23,26). The molecule has 8 nitrogen and oxygen atoms in total. The van der Waals surface area contributed by atoms with Crippen LogP contribution in [0.4, 0.5) is 0 Å². The number of benzene rings is 1. The Morgan fingerprint density at radius 2 is 1.79 bits per heavy atom. The molecule has 156 valence electrons. The van der Waals surface area contributed by atoms with Crippen LogP contribution in [-0.2, 0) is 20.8 Å². The monoisotopic (exact) mass is 393 g/mol. The quantitative estimate of drug-likeness (QED) is 0.323. The predicted octanol–water partition coefficient (Wildman–Crippen LogP) is 1.48. The van der Waals surface area contributed by atoms with Crippen LogP contribution in [0.3, 0.4) is 0 Å². The van der Waals surface area contributed by atoms with E-state index in [1.54, 1.807) is 6.07 Å². The Kier molecular flexibility index (Phi) is 10.5. The fourth-order valence-corrected chi connectivity index (χ4v) is 2.74. The van der Waals surface area contributed by atoms with Crippen molar-refractivity contribution in [3.05, 3.63) is 23.8 Å². The maximum absolute atomic E-state index is 12.0. The Labute approximate surface area is 165 Å². The van der Waals surface area contributed by atoms with Crippen molar-refractivity contribution in [3.63, 3.8) is 0 Å². The number of nitrogens with one attached hydrogen (secondary N) is 2. The third-order valence-corrected chi connectivity index (χ3v) is 4.36. The Morgan fingerprint density at radius 1 is 1.07 bits per heavy atom. The van der Waals surface area contributed by atoms with E-state index >= 15 is 0 Å². The molecule has 0 fully saturated rings. The summed E-state index contributed by atoms with van der Waals surface area (Å²) in [6.07, 6.45) is 5.43. The largest absolute Gasteiger partial charge is 0.508 e. The molecule has 0 saturated carbocycles. The van der Waals surface area contributed by atoms with Crippen molar-refractivity contribution < 1.29 is 24.6 Å². The molecule has 0 aromatic heterocycles. The Hall–Kier alpha value is -2.77. The van der Waals surface area contributed by atoms with Crippen LogP contribution < -0.4 is 16.4 Å². The fraction of sp³-hybridized carbons (Fsp3) is 0.550. The molecule has 1 rings (SSSR count). The number of carbonyl (C=O) groups is 3. The lowest BCUT2D eigenvalue weighted by Gasteiger charge is -2.15. The van der Waals surface area contributed by atoms with Gasteiger partial charge in [-0.2, -0.15) is 0 Å². The van der Waals surface area contributed by atoms with E-state index in [1.165, 1.54) is 12.1 Å². The van der Waals surface area contributed by atoms with Gasteiger partial charge in [0.05, 0.1) is 6.42 Å². The predicted molar refractivity (Wildman–Crippen MR) is 106 cm³/mol. The van der Waals surface area contributed by atoms with E-state index in [4.69, 9.17) is 5.73 Å². The smallest absolute Gasteiger partial charge is 0.240 e. The summed E-state index contributed by atoms with van der Waals surface area (Å²) in [5, 5.41) is 24.1. The first-order valence-corrected chi connectivity index (χ1v) is 9.69. The highest BCUT2D eigenvalue weighted by molar-refractivity contribution is 5.91. The second-order valence-corrected chi connectivity index (χ2v) is 6.80. The maximum atomic E-state index is 12.0. The number of unbranched alkanes of at least 4 members (excludes halogenated alkanes) is 4. The zero-order chi connectivity index (χ0) is 20.9. The van der Waals surface area contributed by atoms with Crippen LogP contribution in [0.15, 0.2) is 18.2 Å². The maximum Gasteiger partial charge on any atom is 0.240 e. The summed E-state index contributed by atoms with van der Waals surface area (Å²) >= 11 is 0. The van der Waals surface area contributed by atoms with Crippen LogP contribution in [0, 0.1) is 0 Å². The lowest BCUT2D eigenvalue weighted by molar-refractivity contribution is -0.130. The molecule has 0 bridgehead atoms. The normalized spacial score (nSPS) is 11.6. The molecule has 6 N–H and O–H groups in total. The summed E-state index contributed by atoms with van der Waals surface area (Å²) in [5.41, 5.74) is 5.86. The molecular formula is C20H31N3O5. The third-order valence-electron chi connectivity index (χ3n) is 4.36. The number of carbonyl (C=O) groups excluding carboxylic acids is 3. The summed E-state index contributed by atoms with van der Waals surface area (Å²) < 4.78 is 0.